The standard InChI is InChI=1S/C23H26N6O/c1-15-8-9-20-18(12-15)19-13-27(3)11-10-21(19)29(20)22(30)14-28-25-23(24-26-28)17-7-5-4-6-16(17)2/h4-9,12,19,21H,10-11,13-14H2,1-3H3/t19-,21+/m1/s1. The Bertz CT molecular complexity index is 1110. The average molecular weight is 403 g/mol. The Labute approximate surface area is 176 Å². The van der Waals surface area contributed by atoms with Gasteiger partial charge in [-0.1, -0.05) is 42.0 Å². The van der Waals surface area contributed by atoms with Gasteiger partial charge < -0.3 is 9.80 Å². The van der Waals surface area contributed by atoms with Crippen molar-refractivity contribution in [3.8, 4) is 11.4 Å². The molecule has 0 spiro atoms. The number of likely N-dealkylation sites (N-methyl/N-ethyl adjacent to an activating group) is 1. The van der Waals surface area contributed by atoms with Gasteiger partial charge >= 0.3 is 0 Å². The van der Waals surface area contributed by atoms with Crippen molar-refractivity contribution in [2.24, 2.45) is 0 Å². The topological polar surface area (TPSA) is 67.2 Å². The third-order valence-electron chi connectivity index (χ3n) is 6.34. The summed E-state index contributed by atoms with van der Waals surface area (Å²) in [7, 11) is 2.16. The van der Waals surface area contributed by atoms with E-state index in [2.05, 4.69) is 52.5 Å². The second kappa shape index (κ2) is 7.32. The van der Waals surface area contributed by atoms with E-state index in [4.69, 9.17) is 0 Å². The highest BCUT2D eigenvalue weighted by atomic mass is 16.2. The fourth-order valence-electron chi connectivity index (χ4n) is 4.84. The number of aromatic nitrogens is 4. The maximum Gasteiger partial charge on any atom is 0.250 e. The van der Waals surface area contributed by atoms with Crippen molar-refractivity contribution >= 4 is 11.6 Å². The highest BCUT2D eigenvalue weighted by Crippen LogP contribution is 2.45. The first kappa shape index (κ1) is 18.9. The minimum atomic E-state index is 0.0193. The molecule has 7 heteroatoms. The van der Waals surface area contributed by atoms with Gasteiger partial charge in [0.25, 0.3) is 5.91 Å². The first-order valence-corrected chi connectivity index (χ1v) is 10.5. The van der Waals surface area contributed by atoms with Crippen molar-refractivity contribution in [3.05, 3.63) is 59.2 Å². The van der Waals surface area contributed by atoms with Gasteiger partial charge in [-0.15, -0.1) is 10.2 Å². The Balaban J connectivity index is 1.42. The number of benzene rings is 2. The smallest absolute Gasteiger partial charge is 0.250 e. The summed E-state index contributed by atoms with van der Waals surface area (Å²) in [5.74, 6) is 0.926. The summed E-state index contributed by atoms with van der Waals surface area (Å²) in [6.07, 6.45) is 0.972. The Morgan fingerprint density at radius 2 is 2.00 bits per heavy atom. The number of carbonyl (C=O) groups excluding carboxylic acids is 1. The molecule has 0 unspecified atom stereocenters. The summed E-state index contributed by atoms with van der Waals surface area (Å²) >= 11 is 0. The van der Waals surface area contributed by atoms with Crippen molar-refractivity contribution in [1.29, 1.82) is 0 Å². The first-order chi connectivity index (χ1) is 14.5. The molecule has 1 aromatic heterocycles. The van der Waals surface area contributed by atoms with Gasteiger partial charge in [0.2, 0.25) is 5.82 Å². The number of nitrogens with zero attached hydrogens (tertiary/aromatic N) is 6. The van der Waals surface area contributed by atoms with Crippen LogP contribution in [-0.2, 0) is 11.3 Å². The molecule has 2 aliphatic heterocycles. The molecule has 2 aliphatic rings. The fourth-order valence-corrected chi connectivity index (χ4v) is 4.84. The summed E-state index contributed by atoms with van der Waals surface area (Å²) in [6.45, 7) is 6.19. The van der Waals surface area contributed by atoms with Gasteiger partial charge in [0.1, 0.15) is 6.54 Å². The molecule has 7 nitrogen and oxygen atoms in total. The van der Waals surface area contributed by atoms with Crippen LogP contribution in [0.3, 0.4) is 0 Å². The van der Waals surface area contributed by atoms with Gasteiger partial charge in [-0.05, 0) is 56.3 Å². The van der Waals surface area contributed by atoms with Gasteiger partial charge in [0.05, 0.1) is 0 Å². The number of aryl methyl sites for hydroxylation is 2. The van der Waals surface area contributed by atoms with E-state index in [1.54, 1.807) is 0 Å². The Hall–Kier alpha value is -3.06. The molecule has 0 bridgehead atoms. The van der Waals surface area contributed by atoms with E-state index in [0.29, 0.717) is 11.7 Å². The minimum absolute atomic E-state index is 0.0193. The average Bonchev–Trinajstić information content (AvgIpc) is 3.30. The Morgan fingerprint density at radius 3 is 2.83 bits per heavy atom. The molecule has 5 rings (SSSR count). The number of piperidine rings is 1. The van der Waals surface area contributed by atoms with Crippen LogP contribution >= 0.6 is 0 Å². The number of amides is 1. The van der Waals surface area contributed by atoms with Gasteiger partial charge in [-0.25, -0.2) is 0 Å². The van der Waals surface area contributed by atoms with Crippen molar-refractivity contribution in [2.45, 2.75) is 38.8 Å². The zero-order valence-electron chi connectivity index (χ0n) is 17.6. The molecular weight excluding hydrogens is 376 g/mol. The Kier molecular flexibility index (Phi) is 4.62. The predicted molar refractivity (Wildman–Crippen MR) is 115 cm³/mol. The molecule has 2 aromatic carbocycles. The quantitative estimate of drug-likeness (QED) is 0.674. The second-order valence-corrected chi connectivity index (χ2v) is 8.51. The first-order valence-electron chi connectivity index (χ1n) is 10.5. The molecule has 1 saturated heterocycles. The third kappa shape index (κ3) is 3.19. The van der Waals surface area contributed by atoms with Crippen molar-refractivity contribution in [2.75, 3.05) is 25.0 Å². The lowest BCUT2D eigenvalue weighted by Gasteiger charge is -2.36. The monoisotopic (exact) mass is 402 g/mol. The second-order valence-electron chi connectivity index (χ2n) is 8.51. The third-order valence-corrected chi connectivity index (χ3v) is 6.34. The number of carbonyl (C=O) groups is 1. The number of tetrazole rings is 1. The van der Waals surface area contributed by atoms with Gasteiger partial charge in [0.15, 0.2) is 0 Å². The lowest BCUT2D eigenvalue weighted by Crippen LogP contribution is -2.48. The summed E-state index contributed by atoms with van der Waals surface area (Å²) in [5, 5.41) is 12.8. The van der Waals surface area contributed by atoms with Gasteiger partial charge in [-0.3, -0.25) is 4.79 Å². The van der Waals surface area contributed by atoms with E-state index in [0.717, 1.165) is 36.3 Å². The number of likely N-dealkylation sites (tertiary alicyclic amines) is 1. The fraction of sp³-hybridized carbons (Fsp3) is 0.391. The largest absolute Gasteiger partial charge is 0.307 e. The van der Waals surface area contributed by atoms with Crippen LogP contribution in [-0.4, -0.2) is 57.2 Å². The molecule has 0 radical (unpaired) electrons. The van der Waals surface area contributed by atoms with E-state index in [-0.39, 0.29) is 18.5 Å². The molecule has 0 N–H and O–H groups in total. The number of hydrogen-bond acceptors (Lipinski definition) is 5. The molecule has 30 heavy (non-hydrogen) atoms. The zero-order valence-corrected chi connectivity index (χ0v) is 17.6. The number of anilines is 1. The van der Waals surface area contributed by atoms with Gasteiger partial charge in [-0.2, -0.15) is 4.80 Å². The van der Waals surface area contributed by atoms with Gasteiger partial charge in [0, 0.05) is 29.8 Å². The van der Waals surface area contributed by atoms with Crippen LogP contribution in [0.25, 0.3) is 11.4 Å². The minimum Gasteiger partial charge on any atom is -0.307 e. The van der Waals surface area contributed by atoms with Crippen LogP contribution in [0.2, 0.25) is 0 Å². The van der Waals surface area contributed by atoms with Crippen LogP contribution in [0.5, 0.6) is 0 Å². The van der Waals surface area contributed by atoms with Crippen LogP contribution in [0.4, 0.5) is 5.69 Å². The van der Waals surface area contributed by atoms with E-state index in [1.165, 1.54) is 15.9 Å². The van der Waals surface area contributed by atoms with Crippen molar-refractivity contribution in [3.63, 3.8) is 0 Å². The molecule has 154 valence electrons. The van der Waals surface area contributed by atoms with E-state index >= 15 is 0 Å². The van der Waals surface area contributed by atoms with Crippen molar-refractivity contribution in [1.82, 2.24) is 25.1 Å². The molecule has 2 atom stereocenters. The lowest BCUT2D eigenvalue weighted by molar-refractivity contribution is -0.120. The summed E-state index contributed by atoms with van der Waals surface area (Å²) in [6, 6.07) is 14.5. The molecular formula is C23H26N6O. The molecule has 0 aliphatic carbocycles. The number of rotatable bonds is 3. The summed E-state index contributed by atoms with van der Waals surface area (Å²) in [5.41, 5.74) is 5.58. The molecule has 3 aromatic rings. The lowest BCUT2D eigenvalue weighted by atomic mass is 9.89. The van der Waals surface area contributed by atoms with Crippen LogP contribution in [0, 0.1) is 13.8 Å². The Morgan fingerprint density at radius 1 is 1.17 bits per heavy atom. The number of fused-ring (bicyclic) bond motifs is 3. The highest BCUT2D eigenvalue weighted by Gasteiger charge is 2.43. The van der Waals surface area contributed by atoms with Crippen LogP contribution in [0.1, 0.15) is 29.0 Å². The van der Waals surface area contributed by atoms with Crippen molar-refractivity contribution < 1.29 is 4.79 Å². The highest BCUT2D eigenvalue weighted by molar-refractivity contribution is 5.96. The zero-order chi connectivity index (χ0) is 20.8. The van der Waals surface area contributed by atoms with Crippen LogP contribution in [0.15, 0.2) is 42.5 Å². The molecule has 1 amide bonds. The number of hydrogen-bond donors (Lipinski definition) is 0. The summed E-state index contributed by atoms with van der Waals surface area (Å²) < 4.78 is 0. The maximum absolute atomic E-state index is 13.4. The van der Waals surface area contributed by atoms with E-state index in [9.17, 15) is 4.79 Å². The van der Waals surface area contributed by atoms with E-state index < -0.39 is 0 Å². The maximum atomic E-state index is 13.4. The SMILES string of the molecule is Cc1ccc2c(c1)[C@H]1CN(C)CC[C@@H]1N2C(=O)Cn1nnc(-c2ccccc2C)n1. The van der Waals surface area contributed by atoms with Crippen LogP contribution < -0.4 is 4.90 Å². The van der Waals surface area contributed by atoms with E-state index in [1.807, 2.05) is 36.1 Å². The predicted octanol–water partition coefficient (Wildman–Crippen LogP) is 2.79. The summed E-state index contributed by atoms with van der Waals surface area (Å²) in [4.78, 5) is 19.2. The molecule has 0 saturated carbocycles. The molecule has 1 fully saturated rings. The molecule has 3 heterocycles. The normalized spacial score (nSPS) is 20.8.